The molecule has 0 aliphatic rings. The van der Waals surface area contributed by atoms with Gasteiger partial charge in [0.2, 0.25) is 5.89 Å². The van der Waals surface area contributed by atoms with Crippen LogP contribution < -0.4 is 10.4 Å². The molecule has 2 aromatic heterocycles. The highest BCUT2D eigenvalue weighted by Gasteiger charge is 2.17. The Morgan fingerprint density at radius 2 is 1.72 bits per heavy atom. The topological polar surface area (TPSA) is 78.4 Å². The number of hydrogen-bond donors (Lipinski definition) is 0. The van der Waals surface area contributed by atoms with Crippen LogP contribution in [0.5, 0.6) is 5.75 Å². The summed E-state index contributed by atoms with van der Waals surface area (Å²) in [5.41, 5.74) is 1.72. The fraction of sp³-hybridized carbons (Fsp3) is 0.105. The van der Waals surface area contributed by atoms with E-state index in [4.69, 9.17) is 13.6 Å². The molecule has 0 atom stereocenters. The van der Waals surface area contributed by atoms with E-state index < -0.39 is 5.63 Å². The van der Waals surface area contributed by atoms with Crippen molar-refractivity contribution in [3.8, 4) is 28.7 Å². The van der Waals surface area contributed by atoms with Crippen LogP contribution >= 0.6 is 0 Å². The van der Waals surface area contributed by atoms with Gasteiger partial charge in [0.05, 0.1) is 7.11 Å². The van der Waals surface area contributed by atoms with E-state index in [2.05, 4.69) is 10.2 Å². The zero-order valence-electron chi connectivity index (χ0n) is 13.6. The molecule has 4 aromatic rings. The molecule has 0 amide bonds. The van der Waals surface area contributed by atoms with Gasteiger partial charge in [0.1, 0.15) is 16.9 Å². The molecule has 6 nitrogen and oxygen atoms in total. The summed E-state index contributed by atoms with van der Waals surface area (Å²) in [6.45, 7) is 1.84. The number of methoxy groups -OCH3 is 1. The van der Waals surface area contributed by atoms with Crippen molar-refractivity contribution in [1.29, 1.82) is 0 Å². The predicted octanol–water partition coefficient (Wildman–Crippen LogP) is 3.83. The third kappa shape index (κ3) is 2.57. The van der Waals surface area contributed by atoms with E-state index in [-0.39, 0.29) is 11.5 Å². The van der Waals surface area contributed by atoms with Crippen molar-refractivity contribution in [1.82, 2.24) is 10.2 Å². The molecule has 0 N–H and O–H groups in total. The zero-order chi connectivity index (χ0) is 17.4. The number of benzene rings is 2. The smallest absolute Gasteiger partial charge is 0.349 e. The van der Waals surface area contributed by atoms with Crippen molar-refractivity contribution in [2.24, 2.45) is 0 Å². The van der Waals surface area contributed by atoms with Crippen LogP contribution in [0.25, 0.3) is 33.9 Å². The van der Waals surface area contributed by atoms with E-state index in [9.17, 15) is 4.79 Å². The quantitative estimate of drug-likeness (QED) is 0.530. The van der Waals surface area contributed by atoms with Gasteiger partial charge in [-0.2, -0.15) is 0 Å². The Labute approximate surface area is 142 Å². The Morgan fingerprint density at radius 3 is 2.48 bits per heavy atom. The summed E-state index contributed by atoms with van der Waals surface area (Å²) in [6, 6.07) is 14.7. The molecule has 4 rings (SSSR count). The van der Waals surface area contributed by atoms with Crippen molar-refractivity contribution < 1.29 is 13.6 Å². The first kappa shape index (κ1) is 15.1. The summed E-state index contributed by atoms with van der Waals surface area (Å²) < 4.78 is 16.4. The molecule has 124 valence electrons. The molecule has 2 aromatic carbocycles. The van der Waals surface area contributed by atoms with E-state index in [0.29, 0.717) is 17.2 Å². The Morgan fingerprint density at radius 1 is 0.960 bits per heavy atom. The maximum absolute atomic E-state index is 12.4. The number of fused-ring (bicyclic) bond motifs is 1. The van der Waals surface area contributed by atoms with E-state index in [1.165, 1.54) is 0 Å². The molecule has 0 spiro atoms. The molecule has 0 saturated carbocycles. The van der Waals surface area contributed by atoms with Crippen molar-refractivity contribution >= 4 is 11.0 Å². The van der Waals surface area contributed by atoms with E-state index in [1.54, 1.807) is 13.2 Å². The lowest BCUT2D eigenvalue weighted by molar-refractivity contribution is 0.410. The Bertz CT molecular complexity index is 1110. The van der Waals surface area contributed by atoms with Gasteiger partial charge < -0.3 is 13.6 Å². The van der Waals surface area contributed by atoms with Crippen molar-refractivity contribution in [3.05, 3.63) is 64.5 Å². The molecule has 0 fully saturated rings. The minimum absolute atomic E-state index is 0.128. The Balaban J connectivity index is 1.84. The summed E-state index contributed by atoms with van der Waals surface area (Å²) >= 11 is 0. The summed E-state index contributed by atoms with van der Waals surface area (Å²) in [5.74, 6) is 1.14. The van der Waals surface area contributed by atoms with Gasteiger partial charge in [-0.25, -0.2) is 4.79 Å². The molecule has 0 aliphatic heterocycles. The van der Waals surface area contributed by atoms with Crippen LogP contribution in [0.4, 0.5) is 0 Å². The third-order valence-corrected chi connectivity index (χ3v) is 4.00. The van der Waals surface area contributed by atoms with Gasteiger partial charge in [-0.3, -0.25) is 0 Å². The van der Waals surface area contributed by atoms with Gasteiger partial charge in [-0.15, -0.1) is 10.2 Å². The monoisotopic (exact) mass is 334 g/mol. The fourth-order valence-corrected chi connectivity index (χ4v) is 2.71. The van der Waals surface area contributed by atoms with Crippen molar-refractivity contribution in [3.63, 3.8) is 0 Å². The minimum atomic E-state index is -0.535. The first-order valence-electron chi connectivity index (χ1n) is 7.68. The number of aryl methyl sites for hydroxylation is 1. The van der Waals surface area contributed by atoms with Gasteiger partial charge in [-0.05, 0) is 37.3 Å². The number of ether oxygens (including phenoxy) is 1. The van der Waals surface area contributed by atoms with E-state index in [0.717, 1.165) is 16.5 Å². The second kappa shape index (κ2) is 5.90. The minimum Gasteiger partial charge on any atom is -0.496 e. The van der Waals surface area contributed by atoms with Crippen LogP contribution in [0.2, 0.25) is 0 Å². The summed E-state index contributed by atoms with van der Waals surface area (Å²) in [5, 5.41) is 8.75. The van der Waals surface area contributed by atoms with Gasteiger partial charge >= 0.3 is 5.63 Å². The number of aromatic nitrogens is 2. The first-order chi connectivity index (χ1) is 12.2. The molecular weight excluding hydrogens is 320 g/mol. The second-order valence-electron chi connectivity index (χ2n) is 5.54. The Hall–Kier alpha value is -3.41. The standard InChI is InChI=1S/C19H14N2O4/c1-11-15(23-2)9-8-13-10-14(19(22)24-16(11)13)18-21-20-17(25-18)12-6-4-3-5-7-12/h3-10H,1-2H3. The molecule has 6 heteroatoms. The number of rotatable bonds is 3. The van der Waals surface area contributed by atoms with Gasteiger partial charge in [0.25, 0.3) is 5.89 Å². The highest BCUT2D eigenvalue weighted by Crippen LogP contribution is 2.29. The Kier molecular flexibility index (Phi) is 3.57. The molecule has 0 saturated heterocycles. The molecule has 0 aliphatic carbocycles. The highest BCUT2D eigenvalue weighted by atomic mass is 16.5. The molecular formula is C19H14N2O4. The SMILES string of the molecule is COc1ccc2cc(-c3nnc(-c4ccccc4)o3)c(=O)oc2c1C. The van der Waals surface area contributed by atoms with E-state index >= 15 is 0 Å². The van der Waals surface area contributed by atoms with Crippen LogP contribution in [0.1, 0.15) is 5.56 Å². The number of hydrogen-bond acceptors (Lipinski definition) is 6. The van der Waals surface area contributed by atoms with Crippen LogP contribution in [0.3, 0.4) is 0 Å². The summed E-state index contributed by atoms with van der Waals surface area (Å²) in [6.07, 6.45) is 0. The van der Waals surface area contributed by atoms with Crippen molar-refractivity contribution in [2.45, 2.75) is 6.92 Å². The van der Waals surface area contributed by atoms with Crippen LogP contribution in [-0.4, -0.2) is 17.3 Å². The highest BCUT2D eigenvalue weighted by molar-refractivity contribution is 5.84. The summed E-state index contributed by atoms with van der Waals surface area (Å²) in [4.78, 5) is 12.4. The van der Waals surface area contributed by atoms with Gasteiger partial charge in [0.15, 0.2) is 0 Å². The van der Waals surface area contributed by atoms with Gasteiger partial charge in [0, 0.05) is 16.5 Å². The lowest BCUT2D eigenvalue weighted by atomic mass is 10.1. The zero-order valence-corrected chi connectivity index (χ0v) is 13.6. The third-order valence-electron chi connectivity index (χ3n) is 4.00. The molecule has 0 unspecified atom stereocenters. The predicted molar refractivity (Wildman–Crippen MR) is 92.5 cm³/mol. The molecule has 0 radical (unpaired) electrons. The first-order valence-corrected chi connectivity index (χ1v) is 7.68. The number of nitrogens with zero attached hydrogens (tertiary/aromatic N) is 2. The molecule has 2 heterocycles. The van der Waals surface area contributed by atoms with E-state index in [1.807, 2.05) is 49.4 Å². The average Bonchev–Trinajstić information content (AvgIpc) is 3.13. The molecule has 25 heavy (non-hydrogen) atoms. The maximum Gasteiger partial charge on any atom is 0.349 e. The van der Waals surface area contributed by atoms with Gasteiger partial charge in [-0.1, -0.05) is 18.2 Å². The normalized spacial score (nSPS) is 11.0. The van der Waals surface area contributed by atoms with Crippen molar-refractivity contribution in [2.75, 3.05) is 7.11 Å². The second-order valence-corrected chi connectivity index (χ2v) is 5.54. The maximum atomic E-state index is 12.4. The molecule has 0 bridgehead atoms. The fourth-order valence-electron chi connectivity index (χ4n) is 2.71. The summed E-state index contributed by atoms with van der Waals surface area (Å²) in [7, 11) is 1.57. The van der Waals surface area contributed by atoms with Crippen LogP contribution in [-0.2, 0) is 0 Å². The lowest BCUT2D eigenvalue weighted by Gasteiger charge is -2.07. The lowest BCUT2D eigenvalue weighted by Crippen LogP contribution is -2.04. The largest absolute Gasteiger partial charge is 0.496 e. The van der Waals surface area contributed by atoms with Crippen LogP contribution in [0.15, 0.2) is 62.2 Å². The average molecular weight is 334 g/mol. The van der Waals surface area contributed by atoms with Crippen LogP contribution in [0, 0.1) is 6.92 Å².